The fraction of sp³-hybridized carbons (Fsp3) is 0.458. The van der Waals surface area contributed by atoms with E-state index in [1.807, 2.05) is 6.07 Å². The molecule has 0 spiro atoms. The SMILES string of the molecule is CCC(CC)C(CNC(=O)c1ccc(S(=O)(=O)Nc2ccccc2)cc1)N1CCOCC1. The van der Waals surface area contributed by atoms with E-state index in [0.717, 1.165) is 39.1 Å². The van der Waals surface area contributed by atoms with Crippen LogP contribution in [0.4, 0.5) is 5.69 Å². The molecule has 1 saturated heterocycles. The van der Waals surface area contributed by atoms with Gasteiger partial charge in [0.15, 0.2) is 0 Å². The number of anilines is 1. The third-order valence-electron chi connectivity index (χ3n) is 6.03. The first-order chi connectivity index (χ1) is 15.4. The molecule has 0 radical (unpaired) electrons. The number of sulfonamides is 1. The Hall–Kier alpha value is -2.42. The summed E-state index contributed by atoms with van der Waals surface area (Å²) in [6.45, 7) is 8.12. The first-order valence-electron chi connectivity index (χ1n) is 11.2. The lowest BCUT2D eigenvalue weighted by atomic mass is 9.92. The minimum atomic E-state index is -3.71. The monoisotopic (exact) mass is 459 g/mol. The highest BCUT2D eigenvalue weighted by Gasteiger charge is 2.27. The molecule has 3 rings (SSSR count). The number of rotatable bonds is 10. The van der Waals surface area contributed by atoms with Gasteiger partial charge in [-0.05, 0) is 42.3 Å². The van der Waals surface area contributed by atoms with Crippen LogP contribution in [0.15, 0.2) is 59.5 Å². The molecule has 7 nitrogen and oxygen atoms in total. The van der Waals surface area contributed by atoms with E-state index in [9.17, 15) is 13.2 Å². The van der Waals surface area contributed by atoms with Crippen LogP contribution < -0.4 is 10.0 Å². The number of nitrogens with one attached hydrogen (secondary N) is 2. The summed E-state index contributed by atoms with van der Waals surface area (Å²) >= 11 is 0. The molecule has 0 aromatic heterocycles. The fourth-order valence-electron chi connectivity index (χ4n) is 4.14. The van der Waals surface area contributed by atoms with E-state index >= 15 is 0 Å². The summed E-state index contributed by atoms with van der Waals surface area (Å²) < 4.78 is 33.2. The lowest BCUT2D eigenvalue weighted by Crippen LogP contribution is -2.52. The van der Waals surface area contributed by atoms with Crippen molar-refractivity contribution in [2.45, 2.75) is 37.6 Å². The molecular weight excluding hydrogens is 426 g/mol. The average Bonchev–Trinajstić information content (AvgIpc) is 2.82. The number of carbonyl (C=O) groups excluding carboxylic acids is 1. The van der Waals surface area contributed by atoms with Gasteiger partial charge in [0.25, 0.3) is 15.9 Å². The Morgan fingerprint density at radius 3 is 2.22 bits per heavy atom. The molecule has 174 valence electrons. The minimum absolute atomic E-state index is 0.112. The second kappa shape index (κ2) is 11.4. The molecule has 2 N–H and O–H groups in total. The number of benzene rings is 2. The van der Waals surface area contributed by atoms with Crippen LogP contribution >= 0.6 is 0 Å². The second-order valence-electron chi connectivity index (χ2n) is 8.00. The van der Waals surface area contributed by atoms with Crippen molar-refractivity contribution in [3.63, 3.8) is 0 Å². The van der Waals surface area contributed by atoms with Crippen LogP contribution in [0, 0.1) is 5.92 Å². The van der Waals surface area contributed by atoms with Crippen LogP contribution in [0.3, 0.4) is 0 Å². The van der Waals surface area contributed by atoms with E-state index in [0.29, 0.717) is 23.7 Å². The molecule has 0 saturated carbocycles. The molecule has 1 aliphatic rings. The first-order valence-corrected chi connectivity index (χ1v) is 12.7. The summed E-state index contributed by atoms with van der Waals surface area (Å²) in [4.78, 5) is 15.3. The third-order valence-corrected chi connectivity index (χ3v) is 7.43. The average molecular weight is 460 g/mol. The summed E-state index contributed by atoms with van der Waals surface area (Å²) in [5.74, 6) is 0.291. The molecule has 2 aromatic carbocycles. The fourth-order valence-corrected chi connectivity index (χ4v) is 5.20. The number of nitrogens with zero attached hydrogens (tertiary/aromatic N) is 1. The van der Waals surface area contributed by atoms with Gasteiger partial charge in [0.05, 0.1) is 18.1 Å². The summed E-state index contributed by atoms with van der Waals surface area (Å²) in [6, 6.07) is 15.0. The topological polar surface area (TPSA) is 87.7 Å². The third kappa shape index (κ3) is 6.31. The minimum Gasteiger partial charge on any atom is -0.379 e. The summed E-state index contributed by atoms with van der Waals surface area (Å²) in [6.07, 6.45) is 2.10. The molecule has 1 fully saturated rings. The van der Waals surface area contributed by atoms with Gasteiger partial charge in [0, 0.05) is 36.9 Å². The van der Waals surface area contributed by atoms with Crippen molar-refractivity contribution in [1.29, 1.82) is 0 Å². The van der Waals surface area contributed by atoms with Crippen LogP contribution in [-0.2, 0) is 14.8 Å². The van der Waals surface area contributed by atoms with Gasteiger partial charge < -0.3 is 10.1 Å². The zero-order chi connectivity index (χ0) is 23.0. The maximum absolute atomic E-state index is 12.8. The Kier molecular flexibility index (Phi) is 8.67. The molecule has 1 amide bonds. The number of morpholine rings is 1. The van der Waals surface area contributed by atoms with E-state index in [2.05, 4.69) is 28.8 Å². The molecule has 32 heavy (non-hydrogen) atoms. The Balaban J connectivity index is 1.64. The zero-order valence-corrected chi connectivity index (χ0v) is 19.6. The van der Waals surface area contributed by atoms with Gasteiger partial charge in [-0.3, -0.25) is 14.4 Å². The van der Waals surface area contributed by atoms with Crippen molar-refractivity contribution in [2.24, 2.45) is 5.92 Å². The van der Waals surface area contributed by atoms with Gasteiger partial charge in [-0.25, -0.2) is 8.42 Å². The highest BCUT2D eigenvalue weighted by molar-refractivity contribution is 7.92. The van der Waals surface area contributed by atoms with E-state index < -0.39 is 10.0 Å². The molecule has 0 bridgehead atoms. The molecule has 2 aromatic rings. The Morgan fingerprint density at radius 2 is 1.62 bits per heavy atom. The van der Waals surface area contributed by atoms with E-state index in [-0.39, 0.29) is 16.8 Å². The van der Waals surface area contributed by atoms with Gasteiger partial charge >= 0.3 is 0 Å². The Morgan fingerprint density at radius 1 is 1.00 bits per heavy atom. The van der Waals surface area contributed by atoms with Gasteiger partial charge in [-0.15, -0.1) is 0 Å². The lowest BCUT2D eigenvalue weighted by Gasteiger charge is -2.38. The quantitative estimate of drug-likeness (QED) is 0.569. The smallest absolute Gasteiger partial charge is 0.261 e. The molecule has 8 heteroatoms. The van der Waals surface area contributed by atoms with Crippen molar-refractivity contribution < 1.29 is 17.9 Å². The van der Waals surface area contributed by atoms with Gasteiger partial charge in [-0.1, -0.05) is 44.9 Å². The summed E-state index contributed by atoms with van der Waals surface area (Å²) in [5, 5.41) is 3.06. The second-order valence-corrected chi connectivity index (χ2v) is 9.68. The first kappa shape index (κ1) is 24.2. The van der Waals surface area contributed by atoms with Crippen LogP contribution in [-0.4, -0.2) is 58.1 Å². The highest BCUT2D eigenvalue weighted by Crippen LogP contribution is 2.20. The van der Waals surface area contributed by atoms with Crippen LogP contribution in [0.5, 0.6) is 0 Å². The number of hydrogen-bond donors (Lipinski definition) is 2. The standard InChI is InChI=1S/C24H33N3O4S/c1-3-19(4-2)23(27-14-16-31-17-15-27)18-25-24(28)20-10-12-22(13-11-20)32(29,30)26-21-8-6-5-7-9-21/h5-13,19,23,26H,3-4,14-18H2,1-2H3,(H,25,28). The van der Waals surface area contributed by atoms with E-state index in [1.54, 1.807) is 36.4 Å². The summed E-state index contributed by atoms with van der Waals surface area (Å²) in [5.41, 5.74) is 0.929. The summed E-state index contributed by atoms with van der Waals surface area (Å²) in [7, 11) is -3.71. The van der Waals surface area contributed by atoms with Gasteiger partial charge in [-0.2, -0.15) is 0 Å². The normalized spacial score (nSPS) is 16.0. The Bertz CT molecular complexity index is 954. The largest absolute Gasteiger partial charge is 0.379 e. The lowest BCUT2D eigenvalue weighted by molar-refractivity contribution is 0.00191. The van der Waals surface area contributed by atoms with Crippen molar-refractivity contribution in [2.75, 3.05) is 37.6 Å². The maximum atomic E-state index is 12.8. The number of amides is 1. The van der Waals surface area contributed by atoms with E-state index in [4.69, 9.17) is 4.74 Å². The van der Waals surface area contributed by atoms with Crippen LogP contribution in [0.2, 0.25) is 0 Å². The van der Waals surface area contributed by atoms with Gasteiger partial charge in [0.1, 0.15) is 0 Å². The van der Waals surface area contributed by atoms with Gasteiger partial charge in [0.2, 0.25) is 0 Å². The molecule has 0 aliphatic carbocycles. The number of carbonyl (C=O) groups is 1. The van der Waals surface area contributed by atoms with Crippen molar-refractivity contribution in [3.05, 3.63) is 60.2 Å². The molecule has 1 aliphatic heterocycles. The zero-order valence-electron chi connectivity index (χ0n) is 18.8. The molecule has 1 heterocycles. The molecule has 1 unspecified atom stereocenters. The molecular formula is C24H33N3O4S. The maximum Gasteiger partial charge on any atom is 0.261 e. The van der Waals surface area contributed by atoms with Crippen molar-refractivity contribution in [3.8, 4) is 0 Å². The van der Waals surface area contributed by atoms with Crippen molar-refractivity contribution >= 4 is 21.6 Å². The predicted molar refractivity (Wildman–Crippen MR) is 126 cm³/mol. The number of ether oxygens (including phenoxy) is 1. The Labute approximate surface area is 191 Å². The number of hydrogen-bond acceptors (Lipinski definition) is 5. The number of para-hydroxylation sites is 1. The van der Waals surface area contributed by atoms with Crippen molar-refractivity contribution in [1.82, 2.24) is 10.2 Å². The predicted octanol–water partition coefficient (Wildman–Crippen LogP) is 3.35. The van der Waals surface area contributed by atoms with E-state index in [1.165, 1.54) is 12.1 Å². The highest BCUT2D eigenvalue weighted by atomic mass is 32.2. The van der Waals surface area contributed by atoms with Crippen LogP contribution in [0.25, 0.3) is 0 Å². The molecule has 1 atom stereocenters. The van der Waals surface area contributed by atoms with Crippen LogP contribution in [0.1, 0.15) is 37.0 Å².